The molecule has 2 aromatic carbocycles. The second-order valence-corrected chi connectivity index (χ2v) is 7.15. The highest BCUT2D eigenvalue weighted by Gasteiger charge is 2.19. The zero-order valence-electron chi connectivity index (χ0n) is 16.0. The number of benzene rings is 2. The normalized spacial score (nSPS) is 11.0. The maximum absolute atomic E-state index is 12.4. The van der Waals surface area contributed by atoms with Crippen LogP contribution in [0.1, 0.15) is 33.3 Å². The third kappa shape index (κ3) is 4.85. The van der Waals surface area contributed by atoms with Crippen molar-refractivity contribution < 1.29 is 14.3 Å². The summed E-state index contributed by atoms with van der Waals surface area (Å²) in [6.45, 7) is 7.75. The molecule has 1 N–H and O–H groups in total. The van der Waals surface area contributed by atoms with E-state index in [1.807, 2.05) is 30.3 Å². The summed E-state index contributed by atoms with van der Waals surface area (Å²) >= 11 is 0. The Morgan fingerprint density at radius 2 is 1.65 bits per heavy atom. The molecule has 0 atom stereocenters. The molecule has 0 spiro atoms. The summed E-state index contributed by atoms with van der Waals surface area (Å²) in [5, 5.41) is 2.84. The summed E-state index contributed by atoms with van der Waals surface area (Å²) in [7, 11) is 1.54. The fraction of sp³-hybridized carbons (Fsp3) is 0.333. The molecule has 0 fully saturated rings. The van der Waals surface area contributed by atoms with Gasteiger partial charge in [-0.3, -0.25) is 14.5 Å². The van der Waals surface area contributed by atoms with Crippen LogP contribution in [0, 0.1) is 0 Å². The molecule has 0 radical (unpaired) electrons. The van der Waals surface area contributed by atoms with Gasteiger partial charge in [0.15, 0.2) is 0 Å². The van der Waals surface area contributed by atoms with Gasteiger partial charge in [-0.1, -0.05) is 45.0 Å². The highest BCUT2D eigenvalue weighted by atomic mass is 16.5. The van der Waals surface area contributed by atoms with Crippen molar-refractivity contribution in [3.8, 4) is 5.75 Å². The first-order chi connectivity index (χ1) is 12.2. The third-order valence-corrected chi connectivity index (χ3v) is 4.09. The van der Waals surface area contributed by atoms with Gasteiger partial charge in [0.1, 0.15) is 12.3 Å². The maximum Gasteiger partial charge on any atom is 0.244 e. The Balaban J connectivity index is 2.12. The largest absolute Gasteiger partial charge is 0.495 e. The highest BCUT2D eigenvalue weighted by molar-refractivity contribution is 6.02. The van der Waals surface area contributed by atoms with Gasteiger partial charge in [-0.2, -0.15) is 0 Å². The van der Waals surface area contributed by atoms with Gasteiger partial charge in [-0.15, -0.1) is 0 Å². The number of para-hydroxylation sites is 2. The summed E-state index contributed by atoms with van der Waals surface area (Å²) < 4.78 is 5.30. The van der Waals surface area contributed by atoms with Gasteiger partial charge in [0.25, 0.3) is 0 Å². The maximum atomic E-state index is 12.4. The Hall–Kier alpha value is -2.82. The lowest BCUT2D eigenvalue weighted by molar-refractivity contribution is -0.120. The van der Waals surface area contributed by atoms with Gasteiger partial charge >= 0.3 is 0 Å². The summed E-state index contributed by atoms with van der Waals surface area (Å²) in [5.74, 6) is 0.0485. The number of carbonyl (C=O) groups excluding carboxylic acids is 2. The number of amides is 2. The predicted molar refractivity (Wildman–Crippen MR) is 105 cm³/mol. The van der Waals surface area contributed by atoms with Gasteiger partial charge in [0.05, 0.1) is 12.8 Å². The molecule has 0 aliphatic rings. The molecule has 0 unspecified atom stereocenters. The smallest absolute Gasteiger partial charge is 0.244 e. The Kier molecular flexibility index (Phi) is 6.03. The second kappa shape index (κ2) is 8.04. The molecule has 0 aliphatic heterocycles. The number of nitrogens with one attached hydrogen (secondary N) is 1. The van der Waals surface area contributed by atoms with Crippen LogP contribution in [-0.2, 0) is 15.0 Å². The molecule has 26 heavy (non-hydrogen) atoms. The Labute approximate surface area is 155 Å². The zero-order chi connectivity index (χ0) is 19.3. The molecule has 5 heteroatoms. The number of rotatable bonds is 5. The van der Waals surface area contributed by atoms with Crippen molar-refractivity contribution in [3.63, 3.8) is 0 Å². The molecule has 0 heterocycles. The van der Waals surface area contributed by atoms with Crippen molar-refractivity contribution in [2.45, 2.75) is 33.1 Å². The van der Waals surface area contributed by atoms with Crippen LogP contribution in [0.4, 0.5) is 11.4 Å². The molecule has 5 nitrogen and oxygen atoms in total. The number of nitrogens with zero attached hydrogens (tertiary/aromatic N) is 1. The standard InChI is InChI=1S/C21H26N2O3/c1-15(24)23(18-8-6-7-9-19(18)26-5)14-20(25)22-17-12-10-16(11-13-17)21(2,3)4/h6-13H,14H2,1-5H3,(H,22,25). The van der Waals surface area contributed by atoms with Crippen molar-refractivity contribution in [1.29, 1.82) is 0 Å². The molecule has 2 amide bonds. The van der Waals surface area contributed by atoms with Gasteiger partial charge in [-0.05, 0) is 35.2 Å². The Bertz CT molecular complexity index is 777. The fourth-order valence-electron chi connectivity index (χ4n) is 2.62. The molecule has 138 valence electrons. The van der Waals surface area contributed by atoms with Crippen LogP contribution in [0.3, 0.4) is 0 Å². The van der Waals surface area contributed by atoms with Crippen LogP contribution in [0.15, 0.2) is 48.5 Å². The lowest BCUT2D eigenvalue weighted by Crippen LogP contribution is -2.36. The van der Waals surface area contributed by atoms with Gasteiger partial charge < -0.3 is 10.1 Å². The number of carbonyl (C=O) groups is 2. The van der Waals surface area contributed by atoms with E-state index in [0.717, 1.165) is 0 Å². The minimum Gasteiger partial charge on any atom is -0.495 e. The Morgan fingerprint density at radius 3 is 2.19 bits per heavy atom. The minimum atomic E-state index is -0.269. The molecule has 0 aliphatic carbocycles. The van der Waals surface area contributed by atoms with Crippen LogP contribution in [-0.4, -0.2) is 25.5 Å². The van der Waals surface area contributed by atoms with E-state index in [1.165, 1.54) is 24.5 Å². The quantitative estimate of drug-likeness (QED) is 0.883. The van der Waals surface area contributed by atoms with E-state index in [-0.39, 0.29) is 23.8 Å². The molecule has 2 rings (SSSR count). The van der Waals surface area contributed by atoms with E-state index in [1.54, 1.807) is 18.2 Å². The average molecular weight is 354 g/mol. The van der Waals surface area contributed by atoms with Crippen LogP contribution in [0.2, 0.25) is 0 Å². The first-order valence-corrected chi connectivity index (χ1v) is 8.54. The first kappa shape index (κ1) is 19.5. The molecular weight excluding hydrogens is 328 g/mol. The number of hydrogen-bond donors (Lipinski definition) is 1. The summed E-state index contributed by atoms with van der Waals surface area (Å²) in [6, 6.07) is 14.9. The molecule has 0 saturated heterocycles. The molecule has 0 aromatic heterocycles. The van der Waals surface area contributed by atoms with Crippen LogP contribution < -0.4 is 15.0 Å². The van der Waals surface area contributed by atoms with E-state index < -0.39 is 0 Å². The first-order valence-electron chi connectivity index (χ1n) is 8.54. The van der Waals surface area contributed by atoms with Crippen molar-refractivity contribution in [2.75, 3.05) is 23.9 Å². The van der Waals surface area contributed by atoms with Crippen molar-refractivity contribution in [1.82, 2.24) is 0 Å². The Morgan fingerprint density at radius 1 is 1.04 bits per heavy atom. The fourth-order valence-corrected chi connectivity index (χ4v) is 2.62. The highest BCUT2D eigenvalue weighted by Crippen LogP contribution is 2.28. The van der Waals surface area contributed by atoms with Crippen molar-refractivity contribution in [3.05, 3.63) is 54.1 Å². The zero-order valence-corrected chi connectivity index (χ0v) is 16.0. The second-order valence-electron chi connectivity index (χ2n) is 7.15. The van der Waals surface area contributed by atoms with E-state index >= 15 is 0 Å². The van der Waals surface area contributed by atoms with Crippen LogP contribution in [0.5, 0.6) is 5.75 Å². The molecular formula is C21H26N2O3. The summed E-state index contributed by atoms with van der Waals surface area (Å²) in [4.78, 5) is 25.9. The summed E-state index contributed by atoms with van der Waals surface area (Å²) in [5.41, 5.74) is 2.51. The number of anilines is 2. The molecule has 0 bridgehead atoms. The van der Waals surface area contributed by atoms with Gasteiger partial charge in [0, 0.05) is 12.6 Å². The topological polar surface area (TPSA) is 58.6 Å². The van der Waals surface area contributed by atoms with E-state index in [4.69, 9.17) is 4.74 Å². The SMILES string of the molecule is COc1ccccc1N(CC(=O)Nc1ccc(C(C)(C)C)cc1)C(C)=O. The van der Waals surface area contributed by atoms with Gasteiger partial charge in [-0.25, -0.2) is 0 Å². The van der Waals surface area contributed by atoms with Crippen molar-refractivity contribution in [2.24, 2.45) is 0 Å². The molecule has 2 aromatic rings. The van der Waals surface area contributed by atoms with E-state index in [9.17, 15) is 9.59 Å². The van der Waals surface area contributed by atoms with Crippen LogP contribution >= 0.6 is 0 Å². The minimum absolute atomic E-state index is 0.0534. The average Bonchev–Trinajstić information content (AvgIpc) is 2.59. The lowest BCUT2D eigenvalue weighted by Gasteiger charge is -2.23. The van der Waals surface area contributed by atoms with Crippen LogP contribution in [0.25, 0.3) is 0 Å². The third-order valence-electron chi connectivity index (χ3n) is 4.09. The number of hydrogen-bond acceptors (Lipinski definition) is 3. The molecule has 0 saturated carbocycles. The number of methoxy groups -OCH3 is 1. The van der Waals surface area contributed by atoms with E-state index in [0.29, 0.717) is 17.1 Å². The summed E-state index contributed by atoms with van der Waals surface area (Å²) in [6.07, 6.45) is 0. The number of ether oxygens (including phenoxy) is 1. The lowest BCUT2D eigenvalue weighted by atomic mass is 9.87. The van der Waals surface area contributed by atoms with E-state index in [2.05, 4.69) is 26.1 Å². The van der Waals surface area contributed by atoms with Gasteiger partial charge in [0.2, 0.25) is 11.8 Å². The predicted octanol–water partition coefficient (Wildman–Crippen LogP) is 3.98. The monoisotopic (exact) mass is 354 g/mol. The van der Waals surface area contributed by atoms with Crippen molar-refractivity contribution >= 4 is 23.2 Å².